The van der Waals surface area contributed by atoms with E-state index < -0.39 is 0 Å². The molecule has 0 radical (unpaired) electrons. The summed E-state index contributed by atoms with van der Waals surface area (Å²) in [5.41, 5.74) is 5.24. The Bertz CT molecular complexity index is 1150. The van der Waals surface area contributed by atoms with Crippen LogP contribution in [0.1, 0.15) is 10.4 Å². The lowest BCUT2D eigenvalue weighted by Gasteiger charge is -2.15. The van der Waals surface area contributed by atoms with Gasteiger partial charge in [0.15, 0.2) is 0 Å². The Labute approximate surface area is 164 Å². The molecule has 0 unspecified atom stereocenters. The number of anilines is 2. The van der Waals surface area contributed by atoms with Crippen LogP contribution < -0.4 is 10.2 Å². The molecule has 3 aromatic carbocycles. The van der Waals surface area contributed by atoms with Crippen LogP contribution in [-0.2, 0) is 0 Å². The van der Waals surface area contributed by atoms with Crippen LogP contribution in [0, 0.1) is 0 Å². The Hall–Kier alpha value is -3.66. The van der Waals surface area contributed by atoms with Crippen molar-refractivity contribution < 1.29 is 4.79 Å². The number of nitrogens with zero attached hydrogens (tertiary/aromatic N) is 2. The summed E-state index contributed by atoms with van der Waals surface area (Å²) in [6, 6.07) is 25.5. The molecule has 138 valence electrons. The quantitative estimate of drug-likeness (QED) is 0.538. The zero-order chi connectivity index (χ0) is 19.5. The monoisotopic (exact) mass is 367 g/mol. The first-order valence-electron chi connectivity index (χ1n) is 9.15. The molecule has 28 heavy (non-hydrogen) atoms. The van der Waals surface area contributed by atoms with E-state index in [4.69, 9.17) is 0 Å². The first-order chi connectivity index (χ1) is 13.6. The summed E-state index contributed by atoms with van der Waals surface area (Å²) in [6.07, 6.45) is 1.85. The third kappa shape index (κ3) is 3.58. The number of para-hydroxylation sites is 2. The van der Waals surface area contributed by atoms with Gasteiger partial charge in [-0.2, -0.15) is 0 Å². The summed E-state index contributed by atoms with van der Waals surface area (Å²) >= 11 is 0. The van der Waals surface area contributed by atoms with Crippen molar-refractivity contribution in [3.05, 3.63) is 90.6 Å². The molecule has 0 aliphatic rings. The van der Waals surface area contributed by atoms with E-state index in [2.05, 4.69) is 16.4 Å². The van der Waals surface area contributed by atoms with E-state index in [1.807, 2.05) is 98.0 Å². The SMILES string of the molecule is CN(C)c1cccc(C(=O)Nc2ccccc2-c2cnc3ccccc3c2)c1. The Morgan fingerprint density at radius 2 is 1.68 bits per heavy atom. The van der Waals surface area contributed by atoms with Crippen LogP contribution in [-0.4, -0.2) is 25.0 Å². The predicted molar refractivity (Wildman–Crippen MR) is 116 cm³/mol. The fourth-order valence-corrected chi connectivity index (χ4v) is 3.18. The lowest BCUT2D eigenvalue weighted by Crippen LogP contribution is -2.14. The van der Waals surface area contributed by atoms with Crippen LogP contribution in [0.15, 0.2) is 85.1 Å². The number of hydrogen-bond acceptors (Lipinski definition) is 3. The number of carbonyl (C=O) groups excluding carboxylic acids is 1. The van der Waals surface area contributed by atoms with Crippen molar-refractivity contribution in [3.63, 3.8) is 0 Å². The molecule has 1 aromatic heterocycles. The fourth-order valence-electron chi connectivity index (χ4n) is 3.18. The number of carbonyl (C=O) groups is 1. The van der Waals surface area contributed by atoms with Gasteiger partial charge in [-0.25, -0.2) is 0 Å². The molecule has 1 N–H and O–H groups in total. The molecule has 0 saturated carbocycles. The molecule has 0 atom stereocenters. The fraction of sp³-hybridized carbons (Fsp3) is 0.0833. The summed E-state index contributed by atoms with van der Waals surface area (Å²) in [7, 11) is 3.91. The van der Waals surface area contributed by atoms with Crippen molar-refractivity contribution in [2.45, 2.75) is 0 Å². The van der Waals surface area contributed by atoms with Crippen molar-refractivity contribution in [3.8, 4) is 11.1 Å². The van der Waals surface area contributed by atoms with E-state index in [0.29, 0.717) is 5.56 Å². The van der Waals surface area contributed by atoms with Crippen LogP contribution in [0.3, 0.4) is 0 Å². The molecule has 0 aliphatic carbocycles. The van der Waals surface area contributed by atoms with Crippen molar-refractivity contribution in [2.24, 2.45) is 0 Å². The van der Waals surface area contributed by atoms with Gasteiger partial charge in [0.2, 0.25) is 0 Å². The number of amides is 1. The lowest BCUT2D eigenvalue weighted by molar-refractivity contribution is 0.102. The van der Waals surface area contributed by atoms with E-state index in [9.17, 15) is 4.79 Å². The van der Waals surface area contributed by atoms with Crippen molar-refractivity contribution in [1.82, 2.24) is 4.98 Å². The van der Waals surface area contributed by atoms with Crippen LogP contribution in [0.25, 0.3) is 22.0 Å². The van der Waals surface area contributed by atoms with Crippen LogP contribution in [0.2, 0.25) is 0 Å². The second-order valence-electron chi connectivity index (χ2n) is 6.86. The van der Waals surface area contributed by atoms with Gasteiger partial charge in [0.05, 0.1) is 5.52 Å². The summed E-state index contributed by atoms with van der Waals surface area (Å²) < 4.78 is 0. The molecule has 4 nitrogen and oxygen atoms in total. The van der Waals surface area contributed by atoms with Crippen LogP contribution in [0.4, 0.5) is 11.4 Å². The maximum atomic E-state index is 12.8. The van der Waals surface area contributed by atoms with Crippen molar-refractivity contribution >= 4 is 28.2 Å². The van der Waals surface area contributed by atoms with Crippen molar-refractivity contribution in [1.29, 1.82) is 0 Å². The average molecular weight is 367 g/mol. The molecule has 1 heterocycles. The van der Waals surface area contributed by atoms with Gasteiger partial charge in [0.25, 0.3) is 5.91 Å². The van der Waals surface area contributed by atoms with Gasteiger partial charge in [0, 0.05) is 53.7 Å². The zero-order valence-corrected chi connectivity index (χ0v) is 15.9. The number of benzene rings is 3. The Morgan fingerprint density at radius 1 is 0.893 bits per heavy atom. The second kappa shape index (κ2) is 7.53. The molecule has 0 fully saturated rings. The predicted octanol–water partition coefficient (Wildman–Crippen LogP) is 5.22. The topological polar surface area (TPSA) is 45.2 Å². The summed E-state index contributed by atoms with van der Waals surface area (Å²) in [5, 5.41) is 4.12. The van der Waals surface area contributed by atoms with Crippen LogP contribution in [0.5, 0.6) is 0 Å². The number of aromatic nitrogens is 1. The molecule has 0 spiro atoms. The molecule has 4 rings (SSSR count). The normalized spacial score (nSPS) is 10.6. The van der Waals surface area contributed by atoms with E-state index in [-0.39, 0.29) is 5.91 Å². The number of fused-ring (bicyclic) bond motifs is 1. The van der Waals surface area contributed by atoms with Crippen LogP contribution >= 0.6 is 0 Å². The number of nitrogens with one attached hydrogen (secondary N) is 1. The van der Waals surface area contributed by atoms with Gasteiger partial charge < -0.3 is 10.2 Å². The third-order valence-electron chi connectivity index (χ3n) is 4.70. The maximum Gasteiger partial charge on any atom is 0.255 e. The standard InChI is InChI=1S/C24H21N3O/c1-27(2)20-10-7-9-18(15-20)24(28)26-23-13-6-4-11-21(23)19-14-17-8-3-5-12-22(17)25-16-19/h3-16H,1-2H3,(H,26,28). The van der Waals surface area contributed by atoms with Gasteiger partial charge >= 0.3 is 0 Å². The highest BCUT2D eigenvalue weighted by Crippen LogP contribution is 2.30. The molecule has 1 amide bonds. The summed E-state index contributed by atoms with van der Waals surface area (Å²) in [4.78, 5) is 19.4. The third-order valence-corrected chi connectivity index (χ3v) is 4.70. The molecule has 0 saturated heterocycles. The molecular weight excluding hydrogens is 346 g/mol. The van der Waals surface area contributed by atoms with Gasteiger partial charge in [-0.15, -0.1) is 0 Å². The maximum absolute atomic E-state index is 12.8. The second-order valence-corrected chi connectivity index (χ2v) is 6.86. The van der Waals surface area contributed by atoms with Gasteiger partial charge in [-0.05, 0) is 36.4 Å². The summed E-state index contributed by atoms with van der Waals surface area (Å²) in [6.45, 7) is 0. The van der Waals surface area contributed by atoms with Gasteiger partial charge in [-0.3, -0.25) is 9.78 Å². The minimum Gasteiger partial charge on any atom is -0.378 e. The first-order valence-corrected chi connectivity index (χ1v) is 9.15. The molecule has 4 aromatic rings. The summed E-state index contributed by atoms with van der Waals surface area (Å²) in [5.74, 6) is -0.134. The Balaban J connectivity index is 1.68. The number of pyridine rings is 1. The minimum absolute atomic E-state index is 0.134. The number of hydrogen-bond donors (Lipinski definition) is 1. The minimum atomic E-state index is -0.134. The Morgan fingerprint density at radius 3 is 2.54 bits per heavy atom. The largest absolute Gasteiger partial charge is 0.378 e. The first kappa shape index (κ1) is 17.7. The average Bonchev–Trinajstić information content (AvgIpc) is 2.74. The Kier molecular flexibility index (Phi) is 4.77. The molecule has 4 heteroatoms. The van der Waals surface area contributed by atoms with Crippen molar-refractivity contribution in [2.75, 3.05) is 24.3 Å². The van der Waals surface area contributed by atoms with E-state index >= 15 is 0 Å². The highest BCUT2D eigenvalue weighted by atomic mass is 16.1. The smallest absolute Gasteiger partial charge is 0.255 e. The lowest BCUT2D eigenvalue weighted by atomic mass is 10.0. The van der Waals surface area contributed by atoms with E-state index in [1.165, 1.54) is 0 Å². The van der Waals surface area contributed by atoms with E-state index in [1.54, 1.807) is 0 Å². The highest BCUT2D eigenvalue weighted by molar-refractivity contribution is 6.07. The highest BCUT2D eigenvalue weighted by Gasteiger charge is 2.12. The van der Waals surface area contributed by atoms with Gasteiger partial charge in [-0.1, -0.05) is 42.5 Å². The molecular formula is C24H21N3O. The zero-order valence-electron chi connectivity index (χ0n) is 15.9. The molecule has 0 aliphatic heterocycles. The van der Waals surface area contributed by atoms with Gasteiger partial charge in [0.1, 0.15) is 0 Å². The van der Waals surface area contributed by atoms with E-state index in [0.717, 1.165) is 33.4 Å². The molecule has 0 bridgehead atoms. The number of rotatable bonds is 4.